The molecule has 0 fully saturated rings. The Labute approximate surface area is 281 Å². The first kappa shape index (κ1) is 46.0. The van der Waals surface area contributed by atoms with Crippen LogP contribution in [0.25, 0.3) is 0 Å². The smallest absolute Gasteiger partial charge is 0.0786 e. The fourth-order valence-electron chi connectivity index (χ4n) is 7.61. The molecule has 0 rings (SSSR count). The summed E-state index contributed by atoms with van der Waals surface area (Å²) < 4.78 is 1.43. The number of rotatable bonds is 38. The Morgan fingerprint density at radius 1 is 0.205 bits per heavy atom. The zero-order valence-corrected chi connectivity index (χ0v) is 31.8. The van der Waals surface area contributed by atoms with Crippen LogP contribution in [0.15, 0.2) is 0 Å². The minimum atomic E-state index is 0. The molecule has 0 radical (unpaired) electrons. The molecule has 0 aliphatic carbocycles. The summed E-state index contributed by atoms with van der Waals surface area (Å²) in [6.07, 6.45) is 49.8. The Hall–Kier alpha value is -0.0800. The topological polar surface area (TPSA) is 30.0 Å². The molecule has 2 heteroatoms. The number of nitrogens with zero attached hydrogens (tertiary/aromatic N) is 1. The van der Waals surface area contributed by atoms with Gasteiger partial charge in [0.15, 0.2) is 0 Å². The maximum absolute atomic E-state index is 2.42. The molecule has 0 aromatic rings. The van der Waals surface area contributed by atoms with E-state index < -0.39 is 0 Å². The number of unbranched alkanes of at least 4 members (excludes halogenated alkanes) is 30. The zero-order valence-electron chi connectivity index (χ0n) is 31.8. The average molecular weight is 624 g/mol. The second-order valence-corrected chi connectivity index (χ2v) is 14.8. The molecule has 0 aromatic carbocycles. The largest absolute Gasteiger partial charge is 0.870 e. The van der Waals surface area contributed by atoms with Crippen molar-refractivity contribution in [2.24, 2.45) is 0 Å². The third-order valence-electron chi connectivity index (χ3n) is 10.4. The van der Waals surface area contributed by atoms with Gasteiger partial charge in [-0.15, -0.1) is 0 Å². The van der Waals surface area contributed by atoms with Crippen LogP contribution in [-0.2, 0) is 0 Å². The van der Waals surface area contributed by atoms with E-state index in [-0.39, 0.29) is 5.48 Å². The van der Waals surface area contributed by atoms with E-state index in [0.717, 1.165) is 0 Å². The van der Waals surface area contributed by atoms with Gasteiger partial charge in [-0.2, -0.15) is 0 Å². The second kappa shape index (κ2) is 39.1. The third-order valence-corrected chi connectivity index (χ3v) is 10.4. The van der Waals surface area contributed by atoms with E-state index in [2.05, 4.69) is 27.7 Å². The maximum Gasteiger partial charge on any atom is 0.0786 e. The first-order valence-corrected chi connectivity index (χ1v) is 21.1. The normalized spacial score (nSPS) is 11.7. The highest BCUT2D eigenvalue weighted by atomic mass is 16.0. The van der Waals surface area contributed by atoms with Crippen LogP contribution in [0.5, 0.6) is 0 Å². The molecule has 2 nitrogen and oxygen atoms in total. The van der Waals surface area contributed by atoms with Crippen molar-refractivity contribution in [1.29, 1.82) is 0 Å². The summed E-state index contributed by atoms with van der Waals surface area (Å²) in [5.74, 6) is 0. The fourth-order valence-corrected chi connectivity index (χ4v) is 7.61. The SMILES string of the molecule is CCCCCCCCCCCCCCCCCC[N+](CCC)(CCC)CCCCCCCCCCCCCCCCCC.[OH-]. The molecule has 0 bridgehead atoms. The number of hydrogen-bond donors (Lipinski definition) is 0. The highest BCUT2D eigenvalue weighted by Gasteiger charge is 2.24. The lowest BCUT2D eigenvalue weighted by Crippen LogP contribution is -2.50. The van der Waals surface area contributed by atoms with Gasteiger partial charge in [0.2, 0.25) is 0 Å². The van der Waals surface area contributed by atoms with Crippen LogP contribution < -0.4 is 0 Å². The van der Waals surface area contributed by atoms with Crippen molar-refractivity contribution in [1.82, 2.24) is 0 Å². The van der Waals surface area contributed by atoms with E-state index in [1.54, 1.807) is 0 Å². The van der Waals surface area contributed by atoms with Crippen molar-refractivity contribution in [2.45, 2.75) is 246 Å². The molecule has 44 heavy (non-hydrogen) atoms. The van der Waals surface area contributed by atoms with Gasteiger partial charge in [0.1, 0.15) is 0 Å². The molecule has 0 amide bonds. The van der Waals surface area contributed by atoms with E-state index >= 15 is 0 Å². The molecule has 0 saturated heterocycles. The average Bonchev–Trinajstić information content (AvgIpc) is 3.01. The molecular formula is C42H89NO. The summed E-state index contributed by atoms with van der Waals surface area (Å²) in [6, 6.07) is 0. The summed E-state index contributed by atoms with van der Waals surface area (Å²) in [4.78, 5) is 0. The Kier molecular flexibility index (Phi) is 40.9. The molecule has 0 aliphatic heterocycles. The van der Waals surface area contributed by atoms with E-state index in [1.165, 1.54) is 249 Å². The Morgan fingerprint density at radius 3 is 0.568 bits per heavy atom. The van der Waals surface area contributed by atoms with Crippen molar-refractivity contribution < 1.29 is 9.96 Å². The molecule has 0 unspecified atom stereocenters. The highest BCUT2D eigenvalue weighted by Crippen LogP contribution is 2.19. The summed E-state index contributed by atoms with van der Waals surface area (Å²) >= 11 is 0. The maximum atomic E-state index is 2.42. The van der Waals surface area contributed by atoms with Crippen LogP contribution in [0.4, 0.5) is 0 Å². The molecule has 0 aromatic heterocycles. The fraction of sp³-hybridized carbons (Fsp3) is 1.00. The molecule has 268 valence electrons. The first-order valence-electron chi connectivity index (χ1n) is 21.1. The van der Waals surface area contributed by atoms with Crippen LogP contribution >= 0.6 is 0 Å². The molecule has 0 spiro atoms. The van der Waals surface area contributed by atoms with Gasteiger partial charge in [0, 0.05) is 0 Å². The van der Waals surface area contributed by atoms with E-state index in [4.69, 9.17) is 0 Å². The minimum absolute atomic E-state index is 0. The summed E-state index contributed by atoms with van der Waals surface area (Å²) in [5.41, 5.74) is 0. The summed E-state index contributed by atoms with van der Waals surface area (Å²) in [5, 5.41) is 0. The van der Waals surface area contributed by atoms with Crippen molar-refractivity contribution in [3.8, 4) is 0 Å². The van der Waals surface area contributed by atoms with Gasteiger partial charge in [-0.3, -0.25) is 0 Å². The van der Waals surface area contributed by atoms with Crippen molar-refractivity contribution in [3.05, 3.63) is 0 Å². The van der Waals surface area contributed by atoms with Crippen molar-refractivity contribution in [2.75, 3.05) is 26.2 Å². The van der Waals surface area contributed by atoms with Crippen molar-refractivity contribution in [3.63, 3.8) is 0 Å². The van der Waals surface area contributed by atoms with Crippen LogP contribution in [0.2, 0.25) is 0 Å². The van der Waals surface area contributed by atoms with E-state index in [1.807, 2.05) is 0 Å². The molecule has 0 saturated carbocycles. The number of hydrogen-bond acceptors (Lipinski definition) is 1. The lowest BCUT2D eigenvalue weighted by atomic mass is 10.0. The minimum Gasteiger partial charge on any atom is -0.870 e. The Balaban J connectivity index is 0. The predicted octanol–water partition coefficient (Wildman–Crippen LogP) is 15.0. The quantitative estimate of drug-likeness (QED) is 0.0497. The molecule has 0 aliphatic rings. The predicted molar refractivity (Wildman–Crippen MR) is 201 cm³/mol. The second-order valence-electron chi connectivity index (χ2n) is 14.8. The van der Waals surface area contributed by atoms with Gasteiger partial charge < -0.3 is 9.96 Å². The molecule has 1 N–H and O–H groups in total. The van der Waals surface area contributed by atoms with Crippen LogP contribution in [0.1, 0.15) is 246 Å². The third kappa shape index (κ3) is 33.3. The molecule has 0 heterocycles. The number of quaternary nitrogens is 1. The lowest BCUT2D eigenvalue weighted by molar-refractivity contribution is -0.928. The summed E-state index contributed by atoms with van der Waals surface area (Å²) in [6.45, 7) is 15.2. The zero-order chi connectivity index (χ0) is 31.4. The van der Waals surface area contributed by atoms with Gasteiger partial charge in [-0.05, 0) is 38.5 Å². The Morgan fingerprint density at radius 2 is 0.386 bits per heavy atom. The van der Waals surface area contributed by atoms with Crippen LogP contribution in [-0.4, -0.2) is 36.1 Å². The van der Waals surface area contributed by atoms with Gasteiger partial charge >= 0.3 is 0 Å². The van der Waals surface area contributed by atoms with Gasteiger partial charge in [0.05, 0.1) is 26.2 Å². The van der Waals surface area contributed by atoms with E-state index in [0.29, 0.717) is 0 Å². The molecule has 0 atom stereocenters. The first-order chi connectivity index (χ1) is 21.2. The van der Waals surface area contributed by atoms with Gasteiger partial charge in [-0.1, -0.05) is 207 Å². The molecular weight excluding hydrogens is 534 g/mol. The highest BCUT2D eigenvalue weighted by molar-refractivity contribution is 4.54. The van der Waals surface area contributed by atoms with Gasteiger partial charge in [-0.25, -0.2) is 0 Å². The standard InChI is InChI=1S/C42H88N.H2O/c1-5-9-11-13-15-17-19-21-23-25-27-29-31-33-35-37-41-43(39-7-3,40-8-4)42-38-36-34-32-30-28-26-24-22-20-18-16-14-12-10-6-2;/h5-42H2,1-4H3;1H2/q+1;/p-1. The lowest BCUT2D eigenvalue weighted by Gasteiger charge is -2.39. The van der Waals surface area contributed by atoms with Gasteiger partial charge in [0.25, 0.3) is 0 Å². The van der Waals surface area contributed by atoms with Crippen LogP contribution in [0, 0.1) is 0 Å². The van der Waals surface area contributed by atoms with Crippen molar-refractivity contribution >= 4 is 0 Å². The monoisotopic (exact) mass is 624 g/mol. The van der Waals surface area contributed by atoms with E-state index in [9.17, 15) is 0 Å². The Bertz CT molecular complexity index is 448. The van der Waals surface area contributed by atoms with Crippen LogP contribution in [0.3, 0.4) is 0 Å². The summed E-state index contributed by atoms with van der Waals surface area (Å²) in [7, 11) is 0.